The lowest BCUT2D eigenvalue weighted by Crippen LogP contribution is -2.36. The molecule has 2 aliphatic rings. The smallest absolute Gasteiger partial charge is 0.161 e. The third kappa shape index (κ3) is 2.13. The van der Waals surface area contributed by atoms with Crippen LogP contribution in [0.15, 0.2) is 30.5 Å². The molecule has 0 radical (unpaired) electrons. The molecular weight excluding hydrogens is 258 g/mol. The molecule has 1 saturated heterocycles. The Bertz CT molecular complexity index is 517. The Labute approximate surface area is 118 Å². The van der Waals surface area contributed by atoms with Gasteiger partial charge in [-0.05, 0) is 30.7 Å². The summed E-state index contributed by atoms with van der Waals surface area (Å²) in [6.45, 7) is 3.74. The highest BCUT2D eigenvalue weighted by Gasteiger charge is 2.47. The molecule has 0 saturated carbocycles. The van der Waals surface area contributed by atoms with E-state index >= 15 is 0 Å². The Hall–Kier alpha value is -1.72. The Morgan fingerprint density at radius 1 is 1.40 bits per heavy atom. The Morgan fingerprint density at radius 2 is 2.30 bits per heavy atom. The summed E-state index contributed by atoms with van der Waals surface area (Å²) in [5.41, 5.74) is 3.51. The Morgan fingerprint density at radius 3 is 3.00 bits per heavy atom. The Balaban J connectivity index is 1.93. The lowest BCUT2D eigenvalue weighted by atomic mass is 9.85. The first-order valence-corrected chi connectivity index (χ1v) is 6.79. The molecular formula is C15H19NO4. The maximum absolute atomic E-state index is 5.67. The highest BCUT2D eigenvalue weighted by atomic mass is 16.7. The maximum Gasteiger partial charge on any atom is 0.161 e. The van der Waals surface area contributed by atoms with Crippen molar-refractivity contribution in [2.75, 3.05) is 26.9 Å². The number of hydrogen-bond acceptors (Lipinski definition) is 5. The minimum atomic E-state index is -0.419. The van der Waals surface area contributed by atoms with Crippen molar-refractivity contribution in [1.29, 1.82) is 0 Å². The number of benzene rings is 1. The van der Waals surface area contributed by atoms with Crippen molar-refractivity contribution in [3.63, 3.8) is 0 Å². The molecule has 2 aliphatic heterocycles. The molecule has 1 N–H and O–H groups in total. The minimum Gasteiger partial charge on any atom is -0.493 e. The zero-order valence-corrected chi connectivity index (χ0v) is 11.7. The number of hydrogen-bond donors (Lipinski definition) is 1. The highest BCUT2D eigenvalue weighted by molar-refractivity contribution is 5.45. The molecule has 1 aromatic rings. The second-order valence-corrected chi connectivity index (χ2v) is 4.92. The quantitative estimate of drug-likeness (QED) is 0.912. The van der Waals surface area contributed by atoms with Gasteiger partial charge in [-0.25, -0.2) is 0 Å². The number of rotatable bonds is 4. The average Bonchev–Trinajstić information content (AvgIpc) is 3.10. The van der Waals surface area contributed by atoms with Gasteiger partial charge in [0.2, 0.25) is 0 Å². The van der Waals surface area contributed by atoms with Crippen LogP contribution in [0.1, 0.15) is 18.4 Å². The zero-order valence-electron chi connectivity index (χ0n) is 11.7. The van der Waals surface area contributed by atoms with Crippen LogP contribution in [-0.4, -0.2) is 32.5 Å². The van der Waals surface area contributed by atoms with E-state index in [-0.39, 0.29) is 5.92 Å². The fourth-order valence-corrected chi connectivity index (χ4v) is 2.75. The fraction of sp³-hybridized carbons (Fsp3) is 0.467. The summed E-state index contributed by atoms with van der Waals surface area (Å²) in [6.07, 6.45) is 3.84. The van der Waals surface area contributed by atoms with Crippen molar-refractivity contribution in [1.82, 2.24) is 5.48 Å². The van der Waals surface area contributed by atoms with Crippen LogP contribution >= 0.6 is 0 Å². The van der Waals surface area contributed by atoms with Gasteiger partial charge < -0.3 is 14.2 Å². The first-order chi connectivity index (χ1) is 9.79. The van der Waals surface area contributed by atoms with Crippen LogP contribution < -0.4 is 15.0 Å². The van der Waals surface area contributed by atoms with Crippen molar-refractivity contribution in [2.24, 2.45) is 0 Å². The van der Waals surface area contributed by atoms with Gasteiger partial charge in [0.25, 0.3) is 0 Å². The topological polar surface area (TPSA) is 49.0 Å². The van der Waals surface area contributed by atoms with E-state index < -0.39 is 5.60 Å². The van der Waals surface area contributed by atoms with E-state index in [0.29, 0.717) is 19.8 Å². The second kappa shape index (κ2) is 5.34. The third-order valence-electron chi connectivity index (χ3n) is 3.77. The van der Waals surface area contributed by atoms with Gasteiger partial charge in [-0.1, -0.05) is 6.07 Å². The van der Waals surface area contributed by atoms with Crippen molar-refractivity contribution in [2.45, 2.75) is 18.4 Å². The largest absolute Gasteiger partial charge is 0.493 e. The molecule has 0 amide bonds. The monoisotopic (exact) mass is 277 g/mol. The molecule has 2 atom stereocenters. The van der Waals surface area contributed by atoms with E-state index in [4.69, 9.17) is 19.0 Å². The van der Waals surface area contributed by atoms with Gasteiger partial charge in [-0.15, -0.1) is 0 Å². The van der Waals surface area contributed by atoms with Crippen LogP contribution in [0.5, 0.6) is 11.5 Å². The van der Waals surface area contributed by atoms with Crippen LogP contribution in [0.4, 0.5) is 0 Å². The van der Waals surface area contributed by atoms with Crippen LogP contribution in [0, 0.1) is 0 Å². The highest BCUT2D eigenvalue weighted by Crippen LogP contribution is 2.42. The Kier molecular flexibility index (Phi) is 3.54. The third-order valence-corrected chi connectivity index (χ3v) is 3.77. The molecule has 20 heavy (non-hydrogen) atoms. The molecule has 5 nitrogen and oxygen atoms in total. The predicted molar refractivity (Wildman–Crippen MR) is 73.8 cm³/mol. The molecule has 2 heterocycles. The SMILES string of the molecule is CCOc1cc(C2COCC23C=CNO3)ccc1OC. The molecule has 1 aromatic carbocycles. The number of hydroxylamine groups is 1. The summed E-state index contributed by atoms with van der Waals surface area (Å²) in [7, 11) is 1.64. The van der Waals surface area contributed by atoms with Gasteiger partial charge in [-0.3, -0.25) is 10.3 Å². The average molecular weight is 277 g/mol. The first kappa shape index (κ1) is 13.3. The van der Waals surface area contributed by atoms with Gasteiger partial charge in [0.05, 0.1) is 26.9 Å². The summed E-state index contributed by atoms with van der Waals surface area (Å²) in [6, 6.07) is 5.98. The van der Waals surface area contributed by atoms with Gasteiger partial charge in [0.1, 0.15) is 5.60 Å². The molecule has 0 aromatic heterocycles. The summed E-state index contributed by atoms with van der Waals surface area (Å²) in [4.78, 5) is 5.67. The van der Waals surface area contributed by atoms with E-state index in [0.717, 1.165) is 17.1 Å². The zero-order chi connectivity index (χ0) is 14.0. The molecule has 0 bridgehead atoms. The summed E-state index contributed by atoms with van der Waals surface area (Å²) >= 11 is 0. The number of nitrogens with one attached hydrogen (secondary N) is 1. The minimum absolute atomic E-state index is 0.138. The number of methoxy groups -OCH3 is 1. The van der Waals surface area contributed by atoms with Gasteiger partial charge in [-0.2, -0.15) is 0 Å². The summed E-state index contributed by atoms with van der Waals surface area (Å²) in [5, 5.41) is 0. The van der Waals surface area contributed by atoms with Crippen LogP contribution in [0.3, 0.4) is 0 Å². The van der Waals surface area contributed by atoms with Gasteiger partial charge in [0, 0.05) is 12.1 Å². The van der Waals surface area contributed by atoms with E-state index in [9.17, 15) is 0 Å². The van der Waals surface area contributed by atoms with Crippen LogP contribution in [0.25, 0.3) is 0 Å². The van der Waals surface area contributed by atoms with E-state index in [2.05, 4.69) is 5.48 Å². The lowest BCUT2D eigenvalue weighted by Gasteiger charge is -2.26. The predicted octanol–water partition coefficient (Wildman–Crippen LogP) is 1.99. The van der Waals surface area contributed by atoms with Crippen molar-refractivity contribution < 1.29 is 19.0 Å². The molecule has 2 unspecified atom stereocenters. The van der Waals surface area contributed by atoms with Gasteiger partial charge in [0.15, 0.2) is 11.5 Å². The molecule has 1 fully saturated rings. The van der Waals surface area contributed by atoms with Crippen molar-refractivity contribution >= 4 is 0 Å². The van der Waals surface area contributed by atoms with E-state index in [1.54, 1.807) is 7.11 Å². The number of ether oxygens (including phenoxy) is 3. The van der Waals surface area contributed by atoms with Crippen LogP contribution in [-0.2, 0) is 9.57 Å². The van der Waals surface area contributed by atoms with Crippen molar-refractivity contribution in [3.05, 3.63) is 36.0 Å². The fourth-order valence-electron chi connectivity index (χ4n) is 2.75. The summed E-state index contributed by atoms with van der Waals surface area (Å²) < 4.78 is 16.6. The molecule has 108 valence electrons. The van der Waals surface area contributed by atoms with Crippen molar-refractivity contribution in [3.8, 4) is 11.5 Å². The molecule has 1 spiro atoms. The van der Waals surface area contributed by atoms with Crippen LogP contribution in [0.2, 0.25) is 0 Å². The van der Waals surface area contributed by atoms with E-state index in [1.165, 1.54) is 0 Å². The normalized spacial score (nSPS) is 27.8. The molecule has 5 heteroatoms. The lowest BCUT2D eigenvalue weighted by molar-refractivity contribution is -0.0473. The summed E-state index contributed by atoms with van der Waals surface area (Å²) in [5.74, 6) is 1.63. The first-order valence-electron chi connectivity index (χ1n) is 6.79. The second-order valence-electron chi connectivity index (χ2n) is 4.92. The standard InChI is InChI=1S/C15H19NO4/c1-3-19-14-8-11(4-5-13(14)17-2)12-9-18-10-15(12)6-7-16-20-15/h4-8,12,16H,3,9-10H2,1-2H3. The maximum atomic E-state index is 5.67. The van der Waals surface area contributed by atoms with E-state index in [1.807, 2.05) is 37.4 Å². The van der Waals surface area contributed by atoms with Gasteiger partial charge >= 0.3 is 0 Å². The molecule has 3 rings (SSSR count). The molecule has 0 aliphatic carbocycles.